The number of anilines is 1. The van der Waals surface area contributed by atoms with Gasteiger partial charge in [-0.15, -0.1) is 11.3 Å². The van der Waals surface area contributed by atoms with Crippen LogP contribution in [0.1, 0.15) is 66.8 Å². The molecule has 1 unspecified atom stereocenters. The van der Waals surface area contributed by atoms with Crippen LogP contribution in [0.25, 0.3) is 0 Å². The van der Waals surface area contributed by atoms with Gasteiger partial charge in [0.05, 0.1) is 12.1 Å². The minimum Gasteiger partial charge on any atom is -0.360 e. The van der Waals surface area contributed by atoms with Crippen LogP contribution in [0.2, 0.25) is 0 Å². The van der Waals surface area contributed by atoms with E-state index in [0.29, 0.717) is 54.3 Å². The van der Waals surface area contributed by atoms with Crippen LogP contribution < -0.4 is 21.3 Å². The molecule has 3 aliphatic rings. The fraction of sp³-hybridized carbons (Fsp3) is 0.708. The zero-order valence-electron chi connectivity index (χ0n) is 20.0. The molecule has 2 amide bonds. The zero-order chi connectivity index (χ0) is 24.1. The lowest BCUT2D eigenvalue weighted by molar-refractivity contribution is -0.131. The number of ether oxygens (including phenoxy) is 2. The van der Waals surface area contributed by atoms with E-state index in [2.05, 4.69) is 21.3 Å². The van der Waals surface area contributed by atoms with Gasteiger partial charge in [0.1, 0.15) is 5.00 Å². The van der Waals surface area contributed by atoms with Crippen molar-refractivity contribution < 1.29 is 19.1 Å². The second kappa shape index (κ2) is 11.8. The fourth-order valence-electron chi connectivity index (χ4n) is 4.19. The maximum absolute atomic E-state index is 13.2. The first-order valence-corrected chi connectivity index (χ1v) is 13.7. The molecule has 4 N–H and O–H groups in total. The average molecular weight is 509 g/mol. The SMILES string of the molecule is CCOC(CNC(=S)NC1CCc2sc(NC(=O)C3CC3)c(C(=O)NCC3CC3)c2C1)OCC. The van der Waals surface area contributed by atoms with E-state index in [9.17, 15) is 9.59 Å². The molecule has 1 atom stereocenters. The summed E-state index contributed by atoms with van der Waals surface area (Å²) >= 11 is 7.07. The summed E-state index contributed by atoms with van der Waals surface area (Å²) in [7, 11) is 0. The van der Waals surface area contributed by atoms with Gasteiger partial charge in [-0.1, -0.05) is 0 Å². The highest BCUT2D eigenvalue weighted by Gasteiger charge is 2.34. The quantitative estimate of drug-likeness (QED) is 0.254. The molecular formula is C24H36N4O4S2. The van der Waals surface area contributed by atoms with Gasteiger partial charge in [-0.3, -0.25) is 9.59 Å². The lowest BCUT2D eigenvalue weighted by Gasteiger charge is -2.26. The number of rotatable bonds is 12. The summed E-state index contributed by atoms with van der Waals surface area (Å²) in [4.78, 5) is 26.8. The van der Waals surface area contributed by atoms with Gasteiger partial charge in [0.25, 0.3) is 5.91 Å². The molecule has 1 aromatic heterocycles. The molecule has 0 radical (unpaired) electrons. The Morgan fingerprint density at radius 1 is 1.09 bits per heavy atom. The molecule has 0 bridgehead atoms. The number of carbonyl (C=O) groups is 2. The molecule has 34 heavy (non-hydrogen) atoms. The average Bonchev–Trinajstić information content (AvgIpc) is 3.73. The molecule has 1 heterocycles. The lowest BCUT2D eigenvalue weighted by Crippen LogP contribution is -2.47. The number of aryl methyl sites for hydroxylation is 1. The van der Waals surface area contributed by atoms with Gasteiger partial charge in [0.2, 0.25) is 5.91 Å². The van der Waals surface area contributed by atoms with E-state index in [1.54, 1.807) is 11.3 Å². The molecule has 2 saturated carbocycles. The Hall–Kier alpha value is -1.75. The Morgan fingerprint density at radius 2 is 1.82 bits per heavy atom. The molecule has 10 heteroatoms. The van der Waals surface area contributed by atoms with Crippen LogP contribution in [-0.2, 0) is 27.1 Å². The van der Waals surface area contributed by atoms with Crippen molar-refractivity contribution in [3.8, 4) is 0 Å². The van der Waals surface area contributed by atoms with Crippen molar-refractivity contribution >= 4 is 45.5 Å². The summed E-state index contributed by atoms with van der Waals surface area (Å²) in [6.07, 6.45) is 6.34. The monoisotopic (exact) mass is 508 g/mol. The van der Waals surface area contributed by atoms with Crippen molar-refractivity contribution in [2.75, 3.05) is 31.6 Å². The number of thiophene rings is 1. The third kappa shape index (κ3) is 6.90. The van der Waals surface area contributed by atoms with Gasteiger partial charge in [-0.25, -0.2) is 0 Å². The van der Waals surface area contributed by atoms with Crippen molar-refractivity contribution in [2.45, 2.75) is 71.1 Å². The highest BCUT2D eigenvalue weighted by Crippen LogP contribution is 2.40. The van der Waals surface area contributed by atoms with Crippen LogP contribution in [0.15, 0.2) is 0 Å². The van der Waals surface area contributed by atoms with Gasteiger partial charge in [-0.05, 0) is 82.5 Å². The second-order valence-corrected chi connectivity index (χ2v) is 10.8. The Morgan fingerprint density at radius 3 is 2.47 bits per heavy atom. The topological polar surface area (TPSA) is 101 Å². The Labute approximate surface area is 210 Å². The maximum atomic E-state index is 13.2. The molecule has 0 aromatic carbocycles. The van der Waals surface area contributed by atoms with Crippen LogP contribution in [0.5, 0.6) is 0 Å². The number of fused-ring (bicyclic) bond motifs is 1. The van der Waals surface area contributed by atoms with E-state index in [-0.39, 0.29) is 30.1 Å². The van der Waals surface area contributed by atoms with E-state index in [0.717, 1.165) is 31.2 Å². The summed E-state index contributed by atoms with van der Waals surface area (Å²) in [5.41, 5.74) is 1.69. The minimum atomic E-state index is -0.344. The molecule has 1 aromatic rings. The zero-order valence-corrected chi connectivity index (χ0v) is 21.7. The van der Waals surface area contributed by atoms with Crippen LogP contribution in [-0.4, -0.2) is 55.6 Å². The third-order valence-electron chi connectivity index (χ3n) is 6.39. The normalized spacial score (nSPS) is 19.4. The molecule has 0 saturated heterocycles. The highest BCUT2D eigenvalue weighted by atomic mass is 32.1. The number of carbonyl (C=O) groups excluding carboxylic acids is 2. The van der Waals surface area contributed by atoms with E-state index in [1.807, 2.05) is 13.8 Å². The summed E-state index contributed by atoms with van der Waals surface area (Å²) in [5, 5.41) is 14.0. The van der Waals surface area contributed by atoms with Gasteiger partial charge in [-0.2, -0.15) is 0 Å². The molecule has 4 rings (SSSR count). The van der Waals surface area contributed by atoms with E-state index in [1.165, 1.54) is 17.7 Å². The predicted octanol–water partition coefficient (Wildman–Crippen LogP) is 2.96. The second-order valence-electron chi connectivity index (χ2n) is 9.26. The molecule has 0 spiro atoms. The standard InChI is InChI=1S/C24H36N4O4S2/c1-3-31-19(32-4-2)13-26-24(33)27-16-9-10-18-17(11-16)20(22(30)25-12-14-5-6-14)23(34-18)28-21(29)15-7-8-15/h14-16,19H,3-13H2,1-2H3,(H,25,30)(H,28,29)(H2,26,27,33). The van der Waals surface area contributed by atoms with Crippen LogP contribution in [0.3, 0.4) is 0 Å². The largest absolute Gasteiger partial charge is 0.360 e. The molecule has 0 aliphatic heterocycles. The van der Waals surface area contributed by atoms with Crippen molar-refractivity contribution in [1.29, 1.82) is 0 Å². The van der Waals surface area contributed by atoms with Crippen LogP contribution >= 0.6 is 23.6 Å². The van der Waals surface area contributed by atoms with E-state index < -0.39 is 0 Å². The van der Waals surface area contributed by atoms with Gasteiger partial charge in [0, 0.05) is 36.6 Å². The minimum absolute atomic E-state index is 0.0352. The molecular weight excluding hydrogens is 472 g/mol. The first-order valence-electron chi connectivity index (χ1n) is 12.5. The van der Waals surface area contributed by atoms with E-state index >= 15 is 0 Å². The first kappa shape index (κ1) is 25.3. The van der Waals surface area contributed by atoms with Crippen molar-refractivity contribution in [3.63, 3.8) is 0 Å². The Balaban J connectivity index is 1.40. The van der Waals surface area contributed by atoms with Crippen LogP contribution in [0.4, 0.5) is 5.00 Å². The summed E-state index contributed by atoms with van der Waals surface area (Å²) in [6, 6.07) is 0.113. The lowest BCUT2D eigenvalue weighted by atomic mass is 9.91. The van der Waals surface area contributed by atoms with Crippen molar-refractivity contribution in [1.82, 2.24) is 16.0 Å². The predicted molar refractivity (Wildman–Crippen MR) is 137 cm³/mol. The summed E-state index contributed by atoms with van der Waals surface area (Å²) < 4.78 is 11.1. The number of thiocarbonyl (C=S) groups is 1. The smallest absolute Gasteiger partial charge is 0.254 e. The number of hydrogen-bond donors (Lipinski definition) is 4. The Kier molecular flexibility index (Phi) is 8.79. The van der Waals surface area contributed by atoms with Gasteiger partial charge >= 0.3 is 0 Å². The van der Waals surface area contributed by atoms with Crippen molar-refractivity contribution in [2.24, 2.45) is 11.8 Å². The fourth-order valence-corrected chi connectivity index (χ4v) is 5.69. The molecule has 2 fully saturated rings. The third-order valence-corrected chi connectivity index (χ3v) is 7.86. The maximum Gasteiger partial charge on any atom is 0.254 e. The summed E-state index contributed by atoms with van der Waals surface area (Å²) in [6.45, 7) is 6.18. The highest BCUT2D eigenvalue weighted by molar-refractivity contribution is 7.80. The first-order chi connectivity index (χ1) is 16.5. The van der Waals surface area contributed by atoms with E-state index in [4.69, 9.17) is 21.7 Å². The number of amides is 2. The molecule has 188 valence electrons. The van der Waals surface area contributed by atoms with Gasteiger partial charge < -0.3 is 30.7 Å². The number of hydrogen-bond acceptors (Lipinski definition) is 6. The van der Waals surface area contributed by atoms with Gasteiger partial charge in [0.15, 0.2) is 11.4 Å². The summed E-state index contributed by atoms with van der Waals surface area (Å²) in [5.74, 6) is 0.649. The Bertz CT molecular complexity index is 892. The number of nitrogens with one attached hydrogen (secondary N) is 4. The molecule has 3 aliphatic carbocycles. The van der Waals surface area contributed by atoms with Crippen LogP contribution in [0, 0.1) is 11.8 Å². The molecule has 8 nitrogen and oxygen atoms in total. The van der Waals surface area contributed by atoms with Crippen molar-refractivity contribution in [3.05, 3.63) is 16.0 Å².